The van der Waals surface area contributed by atoms with Crippen LogP contribution in [0.2, 0.25) is 0 Å². The second-order valence-corrected chi connectivity index (χ2v) is 15.7. The van der Waals surface area contributed by atoms with Crippen LogP contribution in [0.5, 0.6) is 0 Å². The second-order valence-electron chi connectivity index (χ2n) is 15.7. The van der Waals surface area contributed by atoms with Gasteiger partial charge in [-0.15, -0.1) is 0 Å². The van der Waals surface area contributed by atoms with Crippen LogP contribution in [0.3, 0.4) is 0 Å². The summed E-state index contributed by atoms with van der Waals surface area (Å²) in [4.78, 5) is 22.6. The van der Waals surface area contributed by atoms with Crippen LogP contribution in [0.1, 0.15) is 80.3 Å². The molecule has 1 aromatic heterocycles. The zero-order valence-electron chi connectivity index (χ0n) is 31.8. The Kier molecular flexibility index (Phi) is 13.9. The summed E-state index contributed by atoms with van der Waals surface area (Å²) in [5.74, 6) is -2.28. The number of carbonyl (C=O) groups excluding carboxylic acids is 1. The number of likely N-dealkylation sites (N-methyl/N-ethyl adjacent to an activating group) is 1. The molecule has 1 aromatic rings. The van der Waals surface area contributed by atoms with Crippen molar-refractivity contribution < 1.29 is 43.8 Å². The van der Waals surface area contributed by atoms with E-state index in [1.54, 1.807) is 32.4 Å². The van der Waals surface area contributed by atoms with E-state index in [1.807, 2.05) is 71.8 Å². The van der Waals surface area contributed by atoms with E-state index in [0.29, 0.717) is 32.4 Å². The molecule has 2 fully saturated rings. The fourth-order valence-corrected chi connectivity index (χ4v) is 8.28. The van der Waals surface area contributed by atoms with Gasteiger partial charge in [0, 0.05) is 37.3 Å². The maximum Gasteiger partial charge on any atom is 0.311 e. The maximum atomic E-state index is 13.8. The zero-order valence-corrected chi connectivity index (χ0v) is 31.8. The number of fused-ring (bicyclic) bond motifs is 14. The molecule has 2 unspecified atom stereocenters. The number of ether oxygens (including phenoxy) is 5. The van der Waals surface area contributed by atoms with Gasteiger partial charge in [-0.2, -0.15) is 0 Å². The molecule has 0 spiro atoms. The van der Waals surface area contributed by atoms with E-state index in [1.165, 1.54) is 0 Å². The van der Waals surface area contributed by atoms with Crippen molar-refractivity contribution in [3.8, 4) is 0 Å². The normalized spacial score (nSPS) is 43.4. The fraction of sp³-hybridized carbons (Fsp3) is 0.789. The van der Waals surface area contributed by atoms with Crippen molar-refractivity contribution in [2.75, 3.05) is 27.2 Å². The lowest BCUT2D eigenvalue weighted by Crippen LogP contribution is -2.60. The number of nitrogens with zero attached hydrogens (tertiary/aromatic N) is 3. The lowest BCUT2D eigenvalue weighted by Gasteiger charge is -2.48. The molecule has 5 heterocycles. The van der Waals surface area contributed by atoms with E-state index in [2.05, 4.69) is 16.8 Å². The Morgan fingerprint density at radius 2 is 1.82 bits per heavy atom. The molecule has 0 aromatic carbocycles. The number of hydrogen-bond donors (Lipinski definition) is 3. The van der Waals surface area contributed by atoms with Crippen LogP contribution in [-0.4, -0.2) is 130 Å². The Hall–Kier alpha value is -2.16. The van der Waals surface area contributed by atoms with Crippen molar-refractivity contribution in [3.63, 3.8) is 0 Å². The van der Waals surface area contributed by atoms with Crippen molar-refractivity contribution >= 4 is 5.97 Å². The number of pyridine rings is 1. The molecule has 50 heavy (non-hydrogen) atoms. The molecule has 5 rings (SSSR count). The van der Waals surface area contributed by atoms with Gasteiger partial charge in [0.1, 0.15) is 23.9 Å². The van der Waals surface area contributed by atoms with Gasteiger partial charge < -0.3 is 43.9 Å². The zero-order chi connectivity index (χ0) is 37.0. The van der Waals surface area contributed by atoms with E-state index in [0.717, 1.165) is 5.69 Å². The number of hydrogen-bond acceptors (Lipinski definition) is 12. The lowest BCUT2D eigenvalue weighted by molar-refractivity contribution is -0.303. The smallest absolute Gasteiger partial charge is 0.311 e. The molecule has 14 atom stereocenters. The first-order valence-electron chi connectivity index (χ1n) is 18.3. The molecule has 2 saturated heterocycles. The van der Waals surface area contributed by atoms with E-state index >= 15 is 0 Å². The minimum Gasteiger partial charge on any atom is -0.493 e. The number of rotatable bonds is 6. The molecule has 0 radical (unpaired) electrons. The quantitative estimate of drug-likeness (QED) is 0.373. The third kappa shape index (κ3) is 9.25. The first-order valence-corrected chi connectivity index (χ1v) is 18.3. The Bertz CT molecular complexity index is 1250. The second kappa shape index (κ2) is 17.1. The SMILES string of the molecule is CC[C@H]1OC(=O)C(C)C(O)[C@H](C)[C@@H](O[C@@H]2O[C@H](C)C[C@H](N(C)C)[C@H]2O)[C@@]2(C)C[C@@H](C)CN(Cc3ccccn3)[C@H](C)[C@H](O/C=C/CO2)[C@]1(C)O. The third-order valence-corrected chi connectivity index (χ3v) is 11.2. The summed E-state index contributed by atoms with van der Waals surface area (Å²) in [6.45, 7) is 16.3. The van der Waals surface area contributed by atoms with E-state index in [-0.39, 0.29) is 30.7 Å². The molecule has 284 valence electrons. The predicted octanol–water partition coefficient (Wildman–Crippen LogP) is 3.52. The van der Waals surface area contributed by atoms with Crippen LogP contribution in [0.25, 0.3) is 0 Å². The Morgan fingerprint density at radius 1 is 1.10 bits per heavy atom. The third-order valence-electron chi connectivity index (χ3n) is 11.2. The van der Waals surface area contributed by atoms with Gasteiger partial charge in [-0.3, -0.25) is 14.7 Å². The van der Waals surface area contributed by atoms with Crippen LogP contribution in [0, 0.1) is 17.8 Å². The van der Waals surface area contributed by atoms with Crippen LogP contribution >= 0.6 is 0 Å². The Labute approximate surface area is 299 Å². The van der Waals surface area contributed by atoms with Gasteiger partial charge in [0.2, 0.25) is 0 Å². The van der Waals surface area contributed by atoms with Crippen LogP contribution in [-0.2, 0) is 35.0 Å². The van der Waals surface area contributed by atoms with E-state index in [4.69, 9.17) is 23.7 Å². The molecule has 12 nitrogen and oxygen atoms in total. The summed E-state index contributed by atoms with van der Waals surface area (Å²) in [7, 11) is 3.84. The molecular formula is C38H63N3O9. The first kappa shape index (κ1) is 40.6. The highest BCUT2D eigenvalue weighted by molar-refractivity contribution is 5.73. The van der Waals surface area contributed by atoms with Crippen LogP contribution in [0.4, 0.5) is 0 Å². The summed E-state index contributed by atoms with van der Waals surface area (Å²) in [5, 5.41) is 35.7. The Balaban J connectivity index is 1.86. The highest BCUT2D eigenvalue weighted by Gasteiger charge is 2.52. The van der Waals surface area contributed by atoms with Gasteiger partial charge >= 0.3 is 5.97 Å². The standard InChI is InChI=1S/C38H63N3O9/c1-11-30-38(8,45)34-27(6)41(22-28-15-12-13-16-39-28)21-23(2)20-37(7,47-18-14-17-46-34)33(25(4)31(42)26(5)35(44)49-30)50-36-32(43)29(40(9)10)19-24(3)48-36/h12-17,23-27,29-34,36,42-43,45H,11,18-22H2,1-10H3/b17-14+/t23-,24-,25+,26?,27-,29+,30-,31?,32-,33-,34+,36+,37-,38-/m1/s1. The highest BCUT2D eigenvalue weighted by atomic mass is 16.7. The molecule has 0 saturated carbocycles. The topological polar surface area (TPSA) is 143 Å². The monoisotopic (exact) mass is 705 g/mol. The summed E-state index contributed by atoms with van der Waals surface area (Å²) in [5.41, 5.74) is -1.78. The minimum absolute atomic E-state index is 0.00339. The highest BCUT2D eigenvalue weighted by Crippen LogP contribution is 2.39. The van der Waals surface area contributed by atoms with Gasteiger partial charge in [-0.05, 0) is 92.1 Å². The molecule has 12 heteroatoms. The lowest BCUT2D eigenvalue weighted by atomic mass is 9.77. The largest absolute Gasteiger partial charge is 0.493 e. The number of carbonyl (C=O) groups is 1. The molecule has 0 aliphatic carbocycles. The average molecular weight is 706 g/mol. The molecular weight excluding hydrogens is 642 g/mol. The van der Waals surface area contributed by atoms with Gasteiger partial charge in [-0.25, -0.2) is 0 Å². The van der Waals surface area contributed by atoms with Crippen molar-refractivity contribution in [3.05, 3.63) is 42.4 Å². The summed E-state index contributed by atoms with van der Waals surface area (Å²) >= 11 is 0. The molecule has 2 bridgehead atoms. The molecule has 4 aliphatic rings. The predicted molar refractivity (Wildman–Crippen MR) is 189 cm³/mol. The Morgan fingerprint density at radius 3 is 2.46 bits per heavy atom. The number of aliphatic hydroxyl groups is 3. The molecule has 0 amide bonds. The first-order chi connectivity index (χ1) is 23.5. The van der Waals surface area contributed by atoms with Crippen molar-refractivity contribution in [1.82, 2.24) is 14.8 Å². The molecule has 3 N–H and O–H groups in total. The van der Waals surface area contributed by atoms with Crippen molar-refractivity contribution in [2.45, 2.75) is 147 Å². The summed E-state index contributed by atoms with van der Waals surface area (Å²) in [6.07, 6.45) is 0.557. The van der Waals surface area contributed by atoms with Crippen LogP contribution < -0.4 is 0 Å². The van der Waals surface area contributed by atoms with E-state index < -0.39 is 65.8 Å². The molecule has 4 aliphatic heterocycles. The number of esters is 1. The van der Waals surface area contributed by atoms with Gasteiger partial charge in [0.25, 0.3) is 0 Å². The number of aromatic nitrogens is 1. The number of aliphatic hydroxyl groups excluding tert-OH is 2. The van der Waals surface area contributed by atoms with Crippen molar-refractivity contribution in [1.29, 1.82) is 0 Å². The summed E-state index contributed by atoms with van der Waals surface area (Å²) in [6, 6.07) is 5.24. The van der Waals surface area contributed by atoms with Gasteiger partial charge in [-0.1, -0.05) is 26.8 Å². The van der Waals surface area contributed by atoms with Crippen LogP contribution in [0.15, 0.2) is 36.7 Å². The fourth-order valence-electron chi connectivity index (χ4n) is 8.28. The minimum atomic E-state index is -1.62. The van der Waals surface area contributed by atoms with E-state index in [9.17, 15) is 20.1 Å². The van der Waals surface area contributed by atoms with Gasteiger partial charge in [0.05, 0.1) is 48.4 Å². The maximum absolute atomic E-state index is 13.8. The average Bonchev–Trinajstić information content (AvgIpc) is 3.06. The van der Waals surface area contributed by atoms with Crippen molar-refractivity contribution in [2.24, 2.45) is 17.8 Å². The van der Waals surface area contributed by atoms with Gasteiger partial charge in [0.15, 0.2) is 6.29 Å². The summed E-state index contributed by atoms with van der Waals surface area (Å²) < 4.78 is 32.2.